The molecule has 0 fully saturated rings. The van der Waals surface area contributed by atoms with E-state index >= 15 is 0 Å². The quantitative estimate of drug-likeness (QED) is 0.246. The second kappa shape index (κ2) is 14.7. The number of hydrogen-bond donors (Lipinski definition) is 1. The normalized spacial score (nSPS) is 12.7. The summed E-state index contributed by atoms with van der Waals surface area (Å²) in [5, 5.41) is 3.51. The molecule has 0 saturated carbocycles. The van der Waals surface area contributed by atoms with E-state index < -0.39 is 34.3 Å². The lowest BCUT2D eigenvalue weighted by molar-refractivity contribution is -0.140. The smallest absolute Gasteiger partial charge is 0.264 e. The van der Waals surface area contributed by atoms with E-state index in [1.54, 1.807) is 25.1 Å². The van der Waals surface area contributed by atoms with Crippen molar-refractivity contribution in [1.29, 1.82) is 0 Å². The van der Waals surface area contributed by atoms with Crippen molar-refractivity contribution in [3.05, 3.63) is 88.2 Å². The number of methoxy groups -OCH3 is 1. The maximum Gasteiger partial charge on any atom is 0.264 e. The summed E-state index contributed by atoms with van der Waals surface area (Å²) in [5.41, 5.74) is 0.672. The highest BCUT2D eigenvalue weighted by Gasteiger charge is 2.34. The lowest BCUT2D eigenvalue weighted by atomic mass is 10.1. The molecule has 3 aromatic rings. The SMILES string of the molecule is CC[C@@H](C)NC(=O)[C@H](CC)N(Cc1ccc(Cl)c(Cl)c1)C(=O)CN(c1ccc(F)cc1)S(=O)(=O)c1ccc(OC)cc1. The first-order chi connectivity index (χ1) is 19.9. The highest BCUT2D eigenvalue weighted by Crippen LogP contribution is 2.27. The van der Waals surface area contributed by atoms with Crippen molar-refractivity contribution in [3.8, 4) is 5.75 Å². The molecule has 2 atom stereocenters. The minimum atomic E-state index is -4.31. The number of rotatable bonds is 13. The van der Waals surface area contributed by atoms with Crippen molar-refractivity contribution in [1.82, 2.24) is 10.2 Å². The Balaban J connectivity index is 2.07. The Morgan fingerprint density at radius 1 is 0.952 bits per heavy atom. The number of nitrogens with one attached hydrogen (secondary N) is 1. The molecule has 0 radical (unpaired) electrons. The number of carbonyl (C=O) groups is 2. The average molecular weight is 639 g/mol. The Labute approximate surface area is 256 Å². The Hall–Kier alpha value is -3.34. The first kappa shape index (κ1) is 33.2. The third-order valence-electron chi connectivity index (χ3n) is 6.76. The minimum absolute atomic E-state index is 0.0397. The highest BCUT2D eigenvalue weighted by molar-refractivity contribution is 7.92. The molecular weight excluding hydrogens is 604 g/mol. The highest BCUT2D eigenvalue weighted by atomic mass is 35.5. The maximum absolute atomic E-state index is 14.1. The van der Waals surface area contributed by atoms with Crippen LogP contribution >= 0.6 is 23.2 Å². The summed E-state index contributed by atoms with van der Waals surface area (Å²) in [6.07, 6.45) is 0.943. The van der Waals surface area contributed by atoms with Gasteiger partial charge in [0.25, 0.3) is 10.0 Å². The molecule has 12 heteroatoms. The summed E-state index contributed by atoms with van der Waals surface area (Å²) < 4.78 is 47.6. The molecule has 3 rings (SSSR count). The molecule has 1 N–H and O–H groups in total. The summed E-state index contributed by atoms with van der Waals surface area (Å²) in [7, 11) is -2.86. The molecule has 0 aliphatic heterocycles. The third kappa shape index (κ3) is 8.14. The van der Waals surface area contributed by atoms with Gasteiger partial charge in [-0.1, -0.05) is 43.1 Å². The predicted molar refractivity (Wildman–Crippen MR) is 163 cm³/mol. The predicted octanol–water partition coefficient (Wildman–Crippen LogP) is 6.06. The summed E-state index contributed by atoms with van der Waals surface area (Å²) in [5.74, 6) is -1.13. The average Bonchev–Trinajstić information content (AvgIpc) is 2.97. The molecule has 2 amide bonds. The van der Waals surface area contributed by atoms with Crippen LogP contribution in [0.25, 0.3) is 0 Å². The first-order valence-corrected chi connectivity index (χ1v) is 15.6. The lowest BCUT2D eigenvalue weighted by Crippen LogP contribution is -2.53. The Kier molecular flexibility index (Phi) is 11.6. The van der Waals surface area contributed by atoms with Crippen molar-refractivity contribution in [2.45, 2.75) is 57.1 Å². The molecule has 0 heterocycles. The zero-order valence-electron chi connectivity index (χ0n) is 23.8. The van der Waals surface area contributed by atoms with Crippen LogP contribution in [0.3, 0.4) is 0 Å². The van der Waals surface area contributed by atoms with Gasteiger partial charge in [0.1, 0.15) is 24.2 Å². The molecule has 3 aromatic carbocycles. The first-order valence-electron chi connectivity index (χ1n) is 13.4. The van der Waals surface area contributed by atoms with Crippen LogP contribution in [0.2, 0.25) is 10.0 Å². The summed E-state index contributed by atoms with van der Waals surface area (Å²) in [6, 6.07) is 14.3. The van der Waals surface area contributed by atoms with E-state index in [0.717, 1.165) is 16.4 Å². The van der Waals surface area contributed by atoms with Crippen LogP contribution in [0.15, 0.2) is 71.6 Å². The van der Waals surface area contributed by atoms with Gasteiger partial charge in [-0.3, -0.25) is 13.9 Å². The van der Waals surface area contributed by atoms with E-state index in [2.05, 4.69) is 5.32 Å². The Bertz CT molecular complexity index is 1490. The fourth-order valence-electron chi connectivity index (χ4n) is 4.21. The van der Waals surface area contributed by atoms with Gasteiger partial charge in [-0.25, -0.2) is 12.8 Å². The van der Waals surface area contributed by atoms with Crippen LogP contribution < -0.4 is 14.4 Å². The topological polar surface area (TPSA) is 96.0 Å². The van der Waals surface area contributed by atoms with E-state index in [9.17, 15) is 22.4 Å². The number of anilines is 1. The van der Waals surface area contributed by atoms with Crippen LogP contribution in [0, 0.1) is 5.82 Å². The zero-order valence-corrected chi connectivity index (χ0v) is 26.1. The van der Waals surface area contributed by atoms with Crippen LogP contribution in [-0.4, -0.2) is 50.9 Å². The molecule has 0 unspecified atom stereocenters. The molecular formula is C30H34Cl2FN3O5S. The van der Waals surface area contributed by atoms with Crippen molar-refractivity contribution in [2.75, 3.05) is 18.0 Å². The van der Waals surface area contributed by atoms with Gasteiger partial charge in [-0.05, 0) is 86.0 Å². The molecule has 0 saturated heterocycles. The molecule has 226 valence electrons. The van der Waals surface area contributed by atoms with Crippen molar-refractivity contribution >= 4 is 50.7 Å². The van der Waals surface area contributed by atoms with Crippen molar-refractivity contribution < 1.29 is 27.1 Å². The molecule has 0 aliphatic rings. The summed E-state index contributed by atoms with van der Waals surface area (Å²) in [4.78, 5) is 28.6. The summed E-state index contributed by atoms with van der Waals surface area (Å²) >= 11 is 12.3. The molecule has 0 spiro atoms. The fraction of sp³-hybridized carbons (Fsp3) is 0.333. The maximum atomic E-state index is 14.1. The molecule has 42 heavy (non-hydrogen) atoms. The number of amides is 2. The molecule has 0 aromatic heterocycles. The Morgan fingerprint density at radius 2 is 1.60 bits per heavy atom. The molecule has 0 bridgehead atoms. The third-order valence-corrected chi connectivity index (χ3v) is 9.29. The number of benzene rings is 3. The van der Waals surface area contributed by atoms with E-state index in [0.29, 0.717) is 22.8 Å². The van der Waals surface area contributed by atoms with E-state index in [1.165, 1.54) is 48.4 Å². The number of carbonyl (C=O) groups excluding carboxylic acids is 2. The monoisotopic (exact) mass is 637 g/mol. The van der Waals surface area contributed by atoms with Crippen molar-refractivity contribution in [2.24, 2.45) is 0 Å². The second-order valence-corrected chi connectivity index (χ2v) is 12.4. The number of halogens is 3. The lowest BCUT2D eigenvalue weighted by Gasteiger charge is -2.33. The largest absolute Gasteiger partial charge is 0.497 e. The van der Waals surface area contributed by atoms with Gasteiger partial charge >= 0.3 is 0 Å². The van der Waals surface area contributed by atoms with Gasteiger partial charge < -0.3 is 15.0 Å². The van der Waals surface area contributed by atoms with Gasteiger partial charge in [0.2, 0.25) is 11.8 Å². The van der Waals surface area contributed by atoms with Gasteiger partial charge in [-0.2, -0.15) is 0 Å². The standard InChI is InChI=1S/C30H34Cl2FN3O5S/c1-5-20(3)34-30(38)28(6-2)35(18-21-7-16-26(31)27(32)17-21)29(37)19-36(23-10-8-22(33)9-11-23)42(39,40)25-14-12-24(41-4)13-15-25/h7-17,20,28H,5-6,18-19H2,1-4H3,(H,34,38)/t20-,28+/m1/s1. The van der Waals surface area contributed by atoms with E-state index in [1.807, 2.05) is 13.8 Å². The number of nitrogens with zero attached hydrogens (tertiary/aromatic N) is 2. The summed E-state index contributed by atoms with van der Waals surface area (Å²) in [6.45, 7) is 4.85. The van der Waals surface area contributed by atoms with E-state index in [-0.39, 0.29) is 40.5 Å². The van der Waals surface area contributed by atoms with E-state index in [4.69, 9.17) is 27.9 Å². The molecule has 0 aliphatic carbocycles. The van der Waals surface area contributed by atoms with Crippen LogP contribution in [0.1, 0.15) is 39.2 Å². The fourth-order valence-corrected chi connectivity index (χ4v) is 5.94. The number of sulfonamides is 1. The Morgan fingerprint density at radius 3 is 2.14 bits per heavy atom. The van der Waals surface area contributed by atoms with Gasteiger partial charge in [0, 0.05) is 12.6 Å². The van der Waals surface area contributed by atoms with Crippen LogP contribution in [0.4, 0.5) is 10.1 Å². The number of ether oxygens (including phenoxy) is 1. The molecule has 8 nitrogen and oxygen atoms in total. The van der Waals surface area contributed by atoms with Crippen LogP contribution in [0.5, 0.6) is 5.75 Å². The van der Waals surface area contributed by atoms with Crippen LogP contribution in [-0.2, 0) is 26.2 Å². The van der Waals surface area contributed by atoms with Crippen molar-refractivity contribution in [3.63, 3.8) is 0 Å². The zero-order chi connectivity index (χ0) is 31.0. The van der Waals surface area contributed by atoms with Gasteiger partial charge in [-0.15, -0.1) is 0 Å². The second-order valence-electron chi connectivity index (χ2n) is 9.68. The van der Waals surface area contributed by atoms with Gasteiger partial charge in [0.05, 0.1) is 27.7 Å². The minimum Gasteiger partial charge on any atom is -0.497 e. The number of hydrogen-bond acceptors (Lipinski definition) is 5. The van der Waals surface area contributed by atoms with Gasteiger partial charge in [0.15, 0.2) is 0 Å².